The van der Waals surface area contributed by atoms with E-state index in [1.54, 1.807) is 13.1 Å². The van der Waals surface area contributed by atoms with E-state index >= 15 is 0 Å². The van der Waals surface area contributed by atoms with Gasteiger partial charge in [0.2, 0.25) is 0 Å². The number of aliphatic hydroxyl groups is 1. The van der Waals surface area contributed by atoms with Crippen LogP contribution in [0.5, 0.6) is 0 Å². The quantitative estimate of drug-likeness (QED) is 0.811. The average molecular weight is 401 g/mol. The van der Waals surface area contributed by atoms with Crippen LogP contribution >= 0.6 is 15.9 Å². The normalized spacial score (nSPS) is 21.8. The number of carbonyl (C=O) groups is 1. The molecule has 0 spiro atoms. The number of rotatable bonds is 4. The maximum Gasteiger partial charge on any atom is 0.408 e. The summed E-state index contributed by atoms with van der Waals surface area (Å²) in [6, 6.07) is 1.60. The molecular formula is C17H25BrN2O4. The summed E-state index contributed by atoms with van der Waals surface area (Å²) in [7, 11) is 0. The van der Waals surface area contributed by atoms with Crippen molar-refractivity contribution in [2.24, 2.45) is 0 Å². The molecule has 0 saturated carbocycles. The zero-order valence-corrected chi connectivity index (χ0v) is 16.1. The lowest BCUT2D eigenvalue weighted by molar-refractivity contribution is -0.0300. The highest BCUT2D eigenvalue weighted by atomic mass is 79.9. The fraction of sp³-hybridized carbons (Fsp3) is 0.647. The number of alkyl carbamates (subject to hydrolysis) is 1. The number of pyridine rings is 1. The first-order valence-electron chi connectivity index (χ1n) is 8.09. The maximum atomic E-state index is 12.2. The summed E-state index contributed by atoms with van der Waals surface area (Å²) in [6.45, 7) is 7.33. The van der Waals surface area contributed by atoms with Gasteiger partial charge in [0.15, 0.2) is 0 Å². The van der Waals surface area contributed by atoms with Gasteiger partial charge in [-0.15, -0.1) is 0 Å². The van der Waals surface area contributed by atoms with Crippen molar-refractivity contribution in [2.75, 3.05) is 6.61 Å². The molecule has 1 aromatic rings. The first-order valence-corrected chi connectivity index (χ1v) is 8.88. The van der Waals surface area contributed by atoms with E-state index in [1.807, 2.05) is 26.8 Å². The van der Waals surface area contributed by atoms with Gasteiger partial charge in [0.25, 0.3) is 0 Å². The van der Waals surface area contributed by atoms with E-state index in [4.69, 9.17) is 9.47 Å². The average Bonchev–Trinajstić information content (AvgIpc) is 2.43. The molecule has 1 aliphatic carbocycles. The van der Waals surface area contributed by atoms with E-state index in [2.05, 4.69) is 26.2 Å². The van der Waals surface area contributed by atoms with Crippen molar-refractivity contribution >= 4 is 22.0 Å². The van der Waals surface area contributed by atoms with Crippen molar-refractivity contribution in [3.8, 4) is 0 Å². The molecular weight excluding hydrogens is 376 g/mol. The van der Waals surface area contributed by atoms with Gasteiger partial charge in [-0.25, -0.2) is 4.79 Å². The van der Waals surface area contributed by atoms with E-state index in [0.29, 0.717) is 0 Å². The molecule has 1 heterocycles. The third-order valence-electron chi connectivity index (χ3n) is 3.56. The van der Waals surface area contributed by atoms with Crippen LogP contribution in [0.1, 0.15) is 51.4 Å². The van der Waals surface area contributed by atoms with Crippen molar-refractivity contribution in [2.45, 2.75) is 64.4 Å². The van der Waals surface area contributed by atoms with Gasteiger partial charge in [-0.1, -0.05) is 0 Å². The molecule has 0 radical (unpaired) electrons. The van der Waals surface area contributed by atoms with Crippen molar-refractivity contribution in [3.05, 3.63) is 28.0 Å². The largest absolute Gasteiger partial charge is 0.444 e. The van der Waals surface area contributed by atoms with Crippen LogP contribution in [0.25, 0.3) is 0 Å². The first-order chi connectivity index (χ1) is 11.2. The lowest BCUT2D eigenvalue weighted by atomic mass is 9.89. The van der Waals surface area contributed by atoms with Crippen molar-refractivity contribution < 1.29 is 19.4 Å². The Kier molecular flexibility index (Phi) is 6.22. The zero-order chi connectivity index (χ0) is 17.9. The molecule has 3 atom stereocenters. The van der Waals surface area contributed by atoms with E-state index in [1.165, 1.54) is 0 Å². The van der Waals surface area contributed by atoms with Crippen molar-refractivity contribution in [1.82, 2.24) is 10.3 Å². The SMILES string of the molecule is C[C@H](O)CO[C@@H]1CCc2cc(Br)cnc2[C@@H]1NC(=O)OC(C)(C)C. The van der Waals surface area contributed by atoms with Gasteiger partial charge in [-0.05, 0) is 68.1 Å². The molecule has 2 rings (SSSR count). The molecule has 0 bridgehead atoms. The maximum absolute atomic E-state index is 12.2. The fourth-order valence-corrected chi connectivity index (χ4v) is 3.03. The third-order valence-corrected chi connectivity index (χ3v) is 3.99. The standard InChI is InChI=1S/C17H25BrN2O4/c1-10(21)9-23-13-6-5-11-7-12(18)8-19-14(11)15(13)20-16(22)24-17(2,3)4/h7-8,10,13,15,21H,5-6,9H2,1-4H3,(H,20,22)/t10-,13+,15+/m0/s1. The van der Waals surface area contributed by atoms with E-state index in [9.17, 15) is 9.90 Å². The summed E-state index contributed by atoms with van der Waals surface area (Å²) in [5.41, 5.74) is 1.28. The van der Waals surface area contributed by atoms with Gasteiger partial charge in [-0.3, -0.25) is 4.98 Å². The summed E-state index contributed by atoms with van der Waals surface area (Å²) in [5.74, 6) is 0. The number of carbonyl (C=O) groups excluding carboxylic acids is 1. The molecule has 1 aliphatic rings. The van der Waals surface area contributed by atoms with Gasteiger partial charge < -0.3 is 19.9 Å². The summed E-state index contributed by atoms with van der Waals surface area (Å²) >= 11 is 3.43. The Balaban J connectivity index is 2.20. The number of hydrogen-bond acceptors (Lipinski definition) is 5. The smallest absolute Gasteiger partial charge is 0.408 e. The summed E-state index contributed by atoms with van der Waals surface area (Å²) in [5, 5.41) is 12.4. The van der Waals surface area contributed by atoms with Crippen molar-refractivity contribution in [1.29, 1.82) is 0 Å². The van der Waals surface area contributed by atoms with Crippen molar-refractivity contribution in [3.63, 3.8) is 0 Å². The summed E-state index contributed by atoms with van der Waals surface area (Å²) in [4.78, 5) is 16.7. The predicted molar refractivity (Wildman–Crippen MR) is 93.8 cm³/mol. The molecule has 0 fully saturated rings. The van der Waals surface area contributed by atoms with Gasteiger partial charge in [-0.2, -0.15) is 0 Å². The molecule has 0 unspecified atom stereocenters. The number of fused-ring (bicyclic) bond motifs is 1. The summed E-state index contributed by atoms with van der Waals surface area (Å²) in [6.07, 6.45) is 1.92. The zero-order valence-electron chi connectivity index (χ0n) is 14.5. The monoisotopic (exact) mass is 400 g/mol. The molecule has 2 N–H and O–H groups in total. The minimum absolute atomic E-state index is 0.211. The van der Waals surface area contributed by atoms with Crippen LogP contribution in [0, 0.1) is 0 Å². The lowest BCUT2D eigenvalue weighted by Crippen LogP contribution is -2.44. The Hall–Kier alpha value is -1.18. The number of halogens is 1. The predicted octanol–water partition coefficient (Wildman–Crippen LogP) is 3.12. The Morgan fingerprint density at radius 3 is 2.88 bits per heavy atom. The molecule has 7 heteroatoms. The Labute approximate surface area is 151 Å². The fourth-order valence-electron chi connectivity index (χ4n) is 2.65. The lowest BCUT2D eigenvalue weighted by Gasteiger charge is -2.34. The van der Waals surface area contributed by atoms with Crippen LogP contribution in [-0.2, 0) is 15.9 Å². The second kappa shape index (κ2) is 7.80. The number of hydrogen-bond donors (Lipinski definition) is 2. The topological polar surface area (TPSA) is 80.7 Å². The van der Waals surface area contributed by atoms with E-state index in [0.717, 1.165) is 28.6 Å². The minimum Gasteiger partial charge on any atom is -0.444 e. The van der Waals surface area contributed by atoms with Gasteiger partial charge in [0, 0.05) is 10.7 Å². The molecule has 0 saturated heterocycles. The highest BCUT2D eigenvalue weighted by Crippen LogP contribution is 2.32. The number of aromatic nitrogens is 1. The molecule has 1 amide bonds. The van der Waals surface area contributed by atoms with Crippen LogP contribution in [0.2, 0.25) is 0 Å². The summed E-state index contributed by atoms with van der Waals surface area (Å²) < 4.78 is 12.1. The number of aryl methyl sites for hydroxylation is 1. The first kappa shape index (κ1) is 19.1. The second-order valence-electron chi connectivity index (χ2n) is 7.08. The number of nitrogens with zero attached hydrogens (tertiary/aromatic N) is 1. The molecule has 0 aromatic carbocycles. The molecule has 1 aromatic heterocycles. The van der Waals surface area contributed by atoms with Crippen LogP contribution in [0.3, 0.4) is 0 Å². The second-order valence-corrected chi connectivity index (χ2v) is 8.00. The Morgan fingerprint density at radius 1 is 1.54 bits per heavy atom. The van der Waals surface area contributed by atoms with Gasteiger partial charge in [0.05, 0.1) is 24.5 Å². The molecule has 24 heavy (non-hydrogen) atoms. The highest BCUT2D eigenvalue weighted by molar-refractivity contribution is 9.10. The highest BCUT2D eigenvalue weighted by Gasteiger charge is 2.34. The van der Waals surface area contributed by atoms with Crippen LogP contribution in [-0.4, -0.2) is 40.6 Å². The third kappa shape index (κ3) is 5.43. The minimum atomic E-state index is -0.579. The van der Waals surface area contributed by atoms with Gasteiger partial charge >= 0.3 is 6.09 Å². The van der Waals surface area contributed by atoms with Crippen LogP contribution in [0.15, 0.2) is 16.7 Å². The molecule has 134 valence electrons. The number of aliphatic hydroxyl groups excluding tert-OH is 1. The van der Waals surface area contributed by atoms with E-state index in [-0.39, 0.29) is 12.7 Å². The van der Waals surface area contributed by atoms with E-state index < -0.39 is 23.8 Å². The van der Waals surface area contributed by atoms with Gasteiger partial charge in [0.1, 0.15) is 11.6 Å². The number of nitrogens with one attached hydrogen (secondary N) is 1. The van der Waals surface area contributed by atoms with Crippen LogP contribution in [0.4, 0.5) is 4.79 Å². The Morgan fingerprint density at radius 2 is 2.25 bits per heavy atom. The Bertz CT molecular complexity index is 586. The number of amides is 1. The van der Waals surface area contributed by atoms with Crippen LogP contribution < -0.4 is 5.32 Å². The number of ether oxygens (including phenoxy) is 2. The molecule has 0 aliphatic heterocycles. The molecule has 6 nitrogen and oxygen atoms in total.